The third-order valence-corrected chi connectivity index (χ3v) is 3.25. The van der Waals surface area contributed by atoms with Gasteiger partial charge in [-0.2, -0.15) is 0 Å². The summed E-state index contributed by atoms with van der Waals surface area (Å²) in [4.78, 5) is 34.5. The molecule has 0 aliphatic rings. The second-order valence-electron chi connectivity index (χ2n) is 5.16. The van der Waals surface area contributed by atoms with E-state index in [0.29, 0.717) is 18.5 Å². The van der Waals surface area contributed by atoms with Crippen LogP contribution in [0.2, 0.25) is 0 Å². The van der Waals surface area contributed by atoms with Gasteiger partial charge in [0.1, 0.15) is 0 Å². The molecule has 1 aromatic rings. The van der Waals surface area contributed by atoms with E-state index in [-0.39, 0.29) is 13.2 Å². The number of amides is 1. The summed E-state index contributed by atoms with van der Waals surface area (Å²) in [7, 11) is 1.32. The van der Waals surface area contributed by atoms with E-state index in [4.69, 9.17) is 9.47 Å². The Labute approximate surface area is 146 Å². The number of hydrogen-bond acceptors (Lipinski definition) is 6. The highest BCUT2D eigenvalue weighted by Gasteiger charge is 2.15. The van der Waals surface area contributed by atoms with E-state index in [0.717, 1.165) is 5.56 Å². The van der Waals surface area contributed by atoms with Crippen LogP contribution in [0.3, 0.4) is 0 Å². The zero-order valence-corrected chi connectivity index (χ0v) is 14.4. The molecular weight excluding hydrogens is 326 g/mol. The minimum Gasteiger partial charge on any atom is -0.465 e. The minimum absolute atomic E-state index is 0.233. The van der Waals surface area contributed by atoms with Crippen molar-refractivity contribution in [1.29, 1.82) is 0 Å². The molecule has 7 nitrogen and oxygen atoms in total. The fraction of sp³-hybridized carbons (Fsp3) is 0.389. The first-order valence-corrected chi connectivity index (χ1v) is 7.81. The summed E-state index contributed by atoms with van der Waals surface area (Å²) in [6.45, 7) is 5.28. The highest BCUT2D eigenvalue weighted by Crippen LogP contribution is 2.06. The molecule has 1 aromatic carbocycles. The predicted octanol–water partition coefficient (Wildman–Crippen LogP) is 1.27. The lowest BCUT2D eigenvalue weighted by molar-refractivity contribution is -0.158. The summed E-state index contributed by atoms with van der Waals surface area (Å²) in [6.07, 6.45) is 1.35. The maximum absolute atomic E-state index is 11.7. The third-order valence-electron chi connectivity index (χ3n) is 3.25. The highest BCUT2D eigenvalue weighted by molar-refractivity contribution is 5.89. The number of hydrogen-bond donors (Lipinski definition) is 1. The van der Waals surface area contributed by atoms with E-state index in [2.05, 4.69) is 16.6 Å². The summed E-state index contributed by atoms with van der Waals surface area (Å²) in [5.74, 6) is -1.39. The quantitative estimate of drug-likeness (QED) is 0.505. The van der Waals surface area contributed by atoms with Crippen LogP contribution in [0.4, 0.5) is 0 Å². The van der Waals surface area contributed by atoms with E-state index in [1.165, 1.54) is 13.2 Å². The number of carbonyl (C=O) groups excluding carboxylic acids is 3. The van der Waals surface area contributed by atoms with E-state index in [1.54, 1.807) is 31.2 Å². The first kappa shape index (κ1) is 20.4. The molecule has 0 heterocycles. The summed E-state index contributed by atoms with van der Waals surface area (Å²) in [5.41, 5.74) is 1.42. The number of esters is 2. The molecule has 0 saturated carbocycles. The smallest absolute Gasteiger partial charge is 0.337 e. The van der Waals surface area contributed by atoms with E-state index in [1.807, 2.05) is 0 Å². The van der Waals surface area contributed by atoms with Crippen LogP contribution in [0.25, 0.3) is 0 Å². The lowest BCUT2D eigenvalue weighted by atomic mass is 10.1. The molecule has 1 atom stereocenters. The first-order chi connectivity index (χ1) is 12.0. The average molecular weight is 349 g/mol. The van der Waals surface area contributed by atoms with Gasteiger partial charge >= 0.3 is 11.9 Å². The van der Waals surface area contributed by atoms with Gasteiger partial charge in [0.2, 0.25) is 0 Å². The van der Waals surface area contributed by atoms with Crippen LogP contribution in [-0.4, -0.2) is 50.8 Å². The maximum atomic E-state index is 11.7. The topological polar surface area (TPSA) is 90.9 Å². The second-order valence-corrected chi connectivity index (χ2v) is 5.16. The van der Waals surface area contributed by atoms with E-state index in [9.17, 15) is 14.4 Å². The molecule has 0 aliphatic carbocycles. The molecule has 0 saturated heterocycles. The molecule has 1 rings (SSSR count). The van der Waals surface area contributed by atoms with Crippen LogP contribution in [0, 0.1) is 0 Å². The lowest BCUT2D eigenvalue weighted by Crippen LogP contribution is -2.33. The molecule has 0 aliphatic heterocycles. The van der Waals surface area contributed by atoms with Crippen molar-refractivity contribution in [1.82, 2.24) is 5.32 Å². The van der Waals surface area contributed by atoms with Crippen molar-refractivity contribution in [3.63, 3.8) is 0 Å². The van der Waals surface area contributed by atoms with Crippen molar-refractivity contribution in [3.05, 3.63) is 48.0 Å². The molecule has 0 fully saturated rings. The summed E-state index contributed by atoms with van der Waals surface area (Å²) in [6, 6.07) is 6.90. The molecular formula is C18H23NO6. The summed E-state index contributed by atoms with van der Waals surface area (Å²) < 4.78 is 14.6. The van der Waals surface area contributed by atoms with Crippen LogP contribution in [0.1, 0.15) is 22.8 Å². The summed E-state index contributed by atoms with van der Waals surface area (Å²) >= 11 is 0. The van der Waals surface area contributed by atoms with Crippen LogP contribution in [-0.2, 0) is 30.2 Å². The van der Waals surface area contributed by atoms with Crippen LogP contribution < -0.4 is 5.32 Å². The Morgan fingerprint density at radius 2 is 1.92 bits per heavy atom. The average Bonchev–Trinajstić information content (AvgIpc) is 2.63. The van der Waals surface area contributed by atoms with Crippen molar-refractivity contribution < 1.29 is 28.6 Å². The van der Waals surface area contributed by atoms with Crippen molar-refractivity contribution in [2.45, 2.75) is 19.4 Å². The van der Waals surface area contributed by atoms with Crippen molar-refractivity contribution in [2.24, 2.45) is 0 Å². The number of nitrogens with one attached hydrogen (secondary N) is 1. The Balaban J connectivity index is 2.27. The number of ether oxygens (including phenoxy) is 3. The lowest BCUT2D eigenvalue weighted by Gasteiger charge is -2.11. The molecule has 0 bridgehead atoms. The largest absolute Gasteiger partial charge is 0.465 e. The van der Waals surface area contributed by atoms with Gasteiger partial charge in [0.25, 0.3) is 5.91 Å². The zero-order chi connectivity index (χ0) is 18.7. The first-order valence-electron chi connectivity index (χ1n) is 7.81. The maximum Gasteiger partial charge on any atom is 0.337 e. The highest BCUT2D eigenvalue weighted by atomic mass is 16.6. The number of rotatable bonds is 10. The summed E-state index contributed by atoms with van der Waals surface area (Å²) in [5, 5.41) is 2.65. The standard InChI is InChI=1S/C18H23NO6/c1-4-11-24-13(2)17(21)25-12-16(20)19-10-9-14-5-7-15(8-6-14)18(22)23-3/h4-8,13H,1,9-12H2,2-3H3,(H,19,20). The molecule has 0 aromatic heterocycles. The molecule has 136 valence electrons. The Morgan fingerprint density at radius 1 is 1.24 bits per heavy atom. The number of benzene rings is 1. The van der Waals surface area contributed by atoms with Gasteiger partial charge in [0.15, 0.2) is 12.7 Å². The van der Waals surface area contributed by atoms with Gasteiger partial charge < -0.3 is 19.5 Å². The Morgan fingerprint density at radius 3 is 2.52 bits per heavy atom. The van der Waals surface area contributed by atoms with Crippen LogP contribution in [0.5, 0.6) is 0 Å². The Kier molecular flexibility index (Phi) is 8.95. The molecule has 25 heavy (non-hydrogen) atoms. The Bertz CT molecular complexity index is 596. The predicted molar refractivity (Wildman–Crippen MR) is 91.1 cm³/mol. The van der Waals surface area contributed by atoms with Crippen molar-refractivity contribution >= 4 is 17.8 Å². The van der Waals surface area contributed by atoms with Crippen LogP contribution in [0.15, 0.2) is 36.9 Å². The number of carbonyl (C=O) groups is 3. The van der Waals surface area contributed by atoms with Crippen molar-refractivity contribution in [3.8, 4) is 0 Å². The van der Waals surface area contributed by atoms with Gasteiger partial charge in [0, 0.05) is 6.54 Å². The van der Waals surface area contributed by atoms with Gasteiger partial charge in [-0.3, -0.25) is 4.79 Å². The fourth-order valence-electron chi connectivity index (χ4n) is 1.86. The van der Waals surface area contributed by atoms with E-state index < -0.39 is 23.9 Å². The monoisotopic (exact) mass is 349 g/mol. The zero-order valence-electron chi connectivity index (χ0n) is 14.4. The third kappa shape index (κ3) is 7.63. The fourth-order valence-corrected chi connectivity index (χ4v) is 1.86. The van der Waals surface area contributed by atoms with Gasteiger partial charge in [-0.05, 0) is 31.0 Å². The molecule has 0 radical (unpaired) electrons. The van der Waals surface area contributed by atoms with Gasteiger partial charge in [-0.1, -0.05) is 18.2 Å². The van der Waals surface area contributed by atoms with Crippen LogP contribution >= 0.6 is 0 Å². The Hall–Kier alpha value is -2.67. The molecule has 7 heteroatoms. The molecule has 1 unspecified atom stereocenters. The minimum atomic E-state index is -0.751. The molecule has 1 N–H and O–H groups in total. The second kappa shape index (κ2) is 11.0. The van der Waals surface area contributed by atoms with Gasteiger partial charge in [0.05, 0.1) is 19.3 Å². The molecule has 1 amide bonds. The van der Waals surface area contributed by atoms with Crippen molar-refractivity contribution in [2.75, 3.05) is 26.9 Å². The number of methoxy groups -OCH3 is 1. The molecule has 0 spiro atoms. The van der Waals surface area contributed by atoms with E-state index >= 15 is 0 Å². The van der Waals surface area contributed by atoms with Gasteiger partial charge in [-0.25, -0.2) is 9.59 Å². The SMILES string of the molecule is C=CCOC(C)C(=O)OCC(=O)NCCc1ccc(C(=O)OC)cc1. The van der Waals surface area contributed by atoms with Gasteiger partial charge in [-0.15, -0.1) is 6.58 Å². The normalized spacial score (nSPS) is 11.3.